The SMILES string of the molecule is Cc1cc(C)n(-c2ccc(=O)n(CC3CN(CC4CCCC4)C3)n2)n1. The maximum atomic E-state index is 12.2. The highest BCUT2D eigenvalue weighted by Crippen LogP contribution is 2.28. The third-order valence-electron chi connectivity index (χ3n) is 5.53. The summed E-state index contributed by atoms with van der Waals surface area (Å²) in [6, 6.07) is 5.38. The molecule has 0 atom stereocenters. The van der Waals surface area contributed by atoms with Crippen LogP contribution in [-0.2, 0) is 6.54 Å². The summed E-state index contributed by atoms with van der Waals surface area (Å²) in [5.41, 5.74) is 1.96. The van der Waals surface area contributed by atoms with Gasteiger partial charge < -0.3 is 4.90 Å². The number of rotatable bonds is 5. The highest BCUT2D eigenvalue weighted by Gasteiger charge is 2.30. The smallest absolute Gasteiger partial charge is 0.266 e. The van der Waals surface area contributed by atoms with Gasteiger partial charge in [-0.1, -0.05) is 12.8 Å². The van der Waals surface area contributed by atoms with E-state index in [1.165, 1.54) is 32.2 Å². The highest BCUT2D eigenvalue weighted by atomic mass is 16.1. The number of hydrogen-bond acceptors (Lipinski definition) is 4. The summed E-state index contributed by atoms with van der Waals surface area (Å²) in [6.45, 7) is 8.10. The first-order chi connectivity index (χ1) is 12.1. The molecule has 0 aromatic carbocycles. The predicted octanol–water partition coefficient (Wildman–Crippen LogP) is 2.17. The summed E-state index contributed by atoms with van der Waals surface area (Å²) >= 11 is 0. The van der Waals surface area contributed by atoms with Gasteiger partial charge in [0, 0.05) is 37.3 Å². The fourth-order valence-corrected chi connectivity index (χ4v) is 4.29. The molecule has 2 aliphatic rings. The summed E-state index contributed by atoms with van der Waals surface area (Å²) in [6.07, 6.45) is 5.60. The van der Waals surface area contributed by atoms with E-state index in [1.807, 2.05) is 19.9 Å². The maximum absolute atomic E-state index is 12.2. The second kappa shape index (κ2) is 6.75. The minimum absolute atomic E-state index is 0.0282. The van der Waals surface area contributed by atoms with Crippen LogP contribution >= 0.6 is 0 Å². The van der Waals surface area contributed by atoms with Crippen molar-refractivity contribution >= 4 is 0 Å². The van der Waals surface area contributed by atoms with Crippen LogP contribution in [-0.4, -0.2) is 44.1 Å². The van der Waals surface area contributed by atoms with E-state index in [-0.39, 0.29) is 5.56 Å². The normalized spacial score (nSPS) is 19.4. The first kappa shape index (κ1) is 16.5. The molecule has 0 amide bonds. The second-order valence-electron chi connectivity index (χ2n) is 7.79. The molecule has 6 heteroatoms. The van der Waals surface area contributed by atoms with E-state index in [2.05, 4.69) is 15.1 Å². The number of hydrogen-bond donors (Lipinski definition) is 0. The molecule has 2 fully saturated rings. The maximum Gasteiger partial charge on any atom is 0.266 e. The summed E-state index contributed by atoms with van der Waals surface area (Å²) in [5.74, 6) is 2.14. The molecule has 3 heterocycles. The Balaban J connectivity index is 1.40. The van der Waals surface area contributed by atoms with Gasteiger partial charge in [0.25, 0.3) is 5.56 Å². The molecule has 1 saturated heterocycles. The van der Waals surface area contributed by atoms with Crippen LogP contribution in [0.4, 0.5) is 0 Å². The van der Waals surface area contributed by atoms with Gasteiger partial charge in [-0.3, -0.25) is 4.79 Å². The Hall–Kier alpha value is -1.95. The third kappa shape index (κ3) is 3.54. The molecular formula is C19H27N5O. The Kier molecular flexibility index (Phi) is 4.46. The quantitative estimate of drug-likeness (QED) is 0.836. The van der Waals surface area contributed by atoms with Gasteiger partial charge in [-0.05, 0) is 44.7 Å². The van der Waals surface area contributed by atoms with Crippen molar-refractivity contribution in [2.45, 2.75) is 46.1 Å². The van der Waals surface area contributed by atoms with Crippen molar-refractivity contribution < 1.29 is 0 Å². The van der Waals surface area contributed by atoms with Crippen LogP contribution in [0.5, 0.6) is 0 Å². The minimum atomic E-state index is -0.0282. The lowest BCUT2D eigenvalue weighted by molar-refractivity contribution is 0.0682. The van der Waals surface area contributed by atoms with Crippen LogP contribution in [0.1, 0.15) is 37.1 Å². The van der Waals surface area contributed by atoms with Crippen molar-refractivity contribution in [3.8, 4) is 5.82 Å². The standard InChI is InChI=1S/C19H27N5O/c1-14-9-15(2)24(20-14)18-7-8-19(25)23(21-18)13-17-11-22(12-17)10-16-5-3-4-6-16/h7-9,16-17H,3-6,10-13H2,1-2H3. The first-order valence-corrected chi connectivity index (χ1v) is 9.42. The Bertz CT molecular complexity index is 796. The molecule has 25 heavy (non-hydrogen) atoms. The van der Waals surface area contributed by atoms with Crippen molar-refractivity contribution in [1.82, 2.24) is 24.5 Å². The predicted molar refractivity (Wildman–Crippen MR) is 97.0 cm³/mol. The molecule has 1 aliphatic heterocycles. The Labute approximate surface area is 148 Å². The summed E-state index contributed by atoms with van der Waals surface area (Å²) in [4.78, 5) is 14.7. The average Bonchev–Trinajstić information content (AvgIpc) is 3.16. The van der Waals surface area contributed by atoms with E-state index in [9.17, 15) is 4.79 Å². The van der Waals surface area contributed by atoms with Crippen molar-refractivity contribution in [3.63, 3.8) is 0 Å². The average molecular weight is 341 g/mol. The van der Waals surface area contributed by atoms with Crippen LogP contribution in [0.2, 0.25) is 0 Å². The molecule has 0 spiro atoms. The fraction of sp³-hybridized carbons (Fsp3) is 0.632. The van der Waals surface area contributed by atoms with Crippen molar-refractivity contribution in [2.75, 3.05) is 19.6 Å². The van der Waals surface area contributed by atoms with E-state index in [1.54, 1.807) is 21.5 Å². The zero-order valence-corrected chi connectivity index (χ0v) is 15.2. The van der Waals surface area contributed by atoms with Gasteiger partial charge in [0.1, 0.15) is 0 Å². The Morgan fingerprint density at radius 2 is 1.80 bits per heavy atom. The Morgan fingerprint density at radius 3 is 2.48 bits per heavy atom. The molecule has 6 nitrogen and oxygen atoms in total. The lowest BCUT2D eigenvalue weighted by atomic mass is 9.97. The molecule has 0 N–H and O–H groups in total. The van der Waals surface area contributed by atoms with E-state index < -0.39 is 0 Å². The summed E-state index contributed by atoms with van der Waals surface area (Å²) in [5, 5.41) is 9.02. The van der Waals surface area contributed by atoms with Gasteiger partial charge in [-0.25, -0.2) is 9.36 Å². The van der Waals surface area contributed by atoms with Crippen LogP contribution in [0.15, 0.2) is 23.0 Å². The molecule has 2 aromatic rings. The molecule has 1 saturated carbocycles. The van der Waals surface area contributed by atoms with Crippen LogP contribution in [0.25, 0.3) is 5.82 Å². The topological polar surface area (TPSA) is 56.0 Å². The first-order valence-electron chi connectivity index (χ1n) is 9.42. The third-order valence-corrected chi connectivity index (χ3v) is 5.53. The van der Waals surface area contributed by atoms with E-state index in [0.29, 0.717) is 18.3 Å². The monoisotopic (exact) mass is 341 g/mol. The van der Waals surface area contributed by atoms with E-state index in [0.717, 1.165) is 30.4 Å². The summed E-state index contributed by atoms with van der Waals surface area (Å²) in [7, 11) is 0. The lowest BCUT2D eigenvalue weighted by Gasteiger charge is -2.40. The molecule has 0 unspecified atom stereocenters. The molecule has 1 aliphatic carbocycles. The van der Waals surface area contributed by atoms with Gasteiger partial charge in [0.2, 0.25) is 0 Å². The molecular weight excluding hydrogens is 314 g/mol. The molecule has 0 radical (unpaired) electrons. The molecule has 134 valence electrons. The van der Waals surface area contributed by atoms with E-state index in [4.69, 9.17) is 0 Å². The number of nitrogens with zero attached hydrogens (tertiary/aromatic N) is 5. The van der Waals surface area contributed by atoms with Crippen molar-refractivity contribution in [2.24, 2.45) is 11.8 Å². The molecule has 4 rings (SSSR count). The highest BCUT2D eigenvalue weighted by molar-refractivity contribution is 5.23. The van der Waals surface area contributed by atoms with Crippen LogP contribution in [0.3, 0.4) is 0 Å². The van der Waals surface area contributed by atoms with Crippen molar-refractivity contribution in [1.29, 1.82) is 0 Å². The number of aromatic nitrogens is 4. The van der Waals surface area contributed by atoms with Crippen LogP contribution in [0, 0.1) is 25.7 Å². The molecule has 2 aromatic heterocycles. The largest absolute Gasteiger partial charge is 0.302 e. The van der Waals surface area contributed by atoms with Gasteiger partial charge in [-0.2, -0.15) is 5.10 Å². The van der Waals surface area contributed by atoms with E-state index >= 15 is 0 Å². The van der Waals surface area contributed by atoms with Gasteiger partial charge >= 0.3 is 0 Å². The summed E-state index contributed by atoms with van der Waals surface area (Å²) < 4.78 is 3.42. The zero-order valence-electron chi connectivity index (χ0n) is 15.2. The van der Waals surface area contributed by atoms with Gasteiger partial charge in [0.05, 0.1) is 12.2 Å². The lowest BCUT2D eigenvalue weighted by Crippen LogP contribution is -2.50. The number of likely N-dealkylation sites (tertiary alicyclic amines) is 1. The number of aryl methyl sites for hydroxylation is 2. The second-order valence-corrected chi connectivity index (χ2v) is 7.79. The fourth-order valence-electron chi connectivity index (χ4n) is 4.29. The molecule has 0 bridgehead atoms. The van der Waals surface area contributed by atoms with Gasteiger partial charge in [-0.15, -0.1) is 5.10 Å². The Morgan fingerprint density at radius 1 is 1.04 bits per heavy atom. The minimum Gasteiger partial charge on any atom is -0.302 e. The zero-order chi connectivity index (χ0) is 17.4. The van der Waals surface area contributed by atoms with Gasteiger partial charge in [0.15, 0.2) is 5.82 Å². The van der Waals surface area contributed by atoms with Crippen molar-refractivity contribution in [3.05, 3.63) is 39.9 Å². The van der Waals surface area contributed by atoms with Crippen LogP contribution < -0.4 is 5.56 Å².